The number of rotatable bonds is 9. The van der Waals surface area contributed by atoms with Gasteiger partial charge in [-0.25, -0.2) is 9.59 Å². The molecule has 25 heavy (non-hydrogen) atoms. The molecule has 0 aliphatic rings. The second kappa shape index (κ2) is 10.6. The molecule has 2 N–H and O–H groups in total. The van der Waals surface area contributed by atoms with Crippen LogP contribution in [0.4, 0.5) is 4.79 Å². The van der Waals surface area contributed by atoms with Crippen LogP contribution >= 0.6 is 0 Å². The van der Waals surface area contributed by atoms with E-state index in [9.17, 15) is 9.59 Å². The standard InChI is InChI=1S/C18H37N3O4/c1-17(2,3)24-15(22)14(20-16(23)25-18(4,5)6)10-12-19-11-9-13-21(7)8/h14,19H,9-13H2,1-8H3,(H,20,23)/t14-/m0/s1. The smallest absolute Gasteiger partial charge is 0.408 e. The molecule has 0 aliphatic carbocycles. The lowest BCUT2D eigenvalue weighted by Gasteiger charge is -2.26. The second-order valence-corrected chi connectivity index (χ2v) is 8.43. The number of hydrogen-bond donors (Lipinski definition) is 2. The van der Waals surface area contributed by atoms with Gasteiger partial charge in [0.25, 0.3) is 0 Å². The van der Waals surface area contributed by atoms with Gasteiger partial charge in [0, 0.05) is 0 Å². The summed E-state index contributed by atoms with van der Waals surface area (Å²) in [6.45, 7) is 13.2. The van der Waals surface area contributed by atoms with Gasteiger partial charge >= 0.3 is 12.1 Å². The molecule has 148 valence electrons. The monoisotopic (exact) mass is 359 g/mol. The van der Waals surface area contributed by atoms with Gasteiger partial charge in [-0.3, -0.25) is 0 Å². The van der Waals surface area contributed by atoms with Crippen LogP contribution in [0.5, 0.6) is 0 Å². The maximum absolute atomic E-state index is 12.3. The molecule has 0 unspecified atom stereocenters. The molecule has 0 fully saturated rings. The number of nitrogens with zero attached hydrogens (tertiary/aromatic N) is 1. The van der Waals surface area contributed by atoms with E-state index in [0.29, 0.717) is 13.0 Å². The molecule has 7 nitrogen and oxygen atoms in total. The van der Waals surface area contributed by atoms with Crippen LogP contribution in [0.3, 0.4) is 0 Å². The first kappa shape index (κ1) is 23.7. The van der Waals surface area contributed by atoms with Crippen molar-refractivity contribution in [1.29, 1.82) is 0 Å². The Balaban J connectivity index is 4.53. The summed E-state index contributed by atoms with van der Waals surface area (Å²) in [5, 5.41) is 5.90. The van der Waals surface area contributed by atoms with Crippen molar-refractivity contribution >= 4 is 12.1 Å². The summed E-state index contributed by atoms with van der Waals surface area (Å²) < 4.78 is 10.6. The zero-order chi connectivity index (χ0) is 19.7. The van der Waals surface area contributed by atoms with Gasteiger partial charge in [0.05, 0.1) is 0 Å². The van der Waals surface area contributed by atoms with E-state index >= 15 is 0 Å². The van der Waals surface area contributed by atoms with Crippen molar-refractivity contribution in [1.82, 2.24) is 15.5 Å². The van der Waals surface area contributed by atoms with Crippen molar-refractivity contribution in [3.8, 4) is 0 Å². The number of hydrogen-bond acceptors (Lipinski definition) is 6. The number of nitrogens with one attached hydrogen (secondary N) is 2. The largest absolute Gasteiger partial charge is 0.458 e. The van der Waals surface area contributed by atoms with Gasteiger partial charge in [0.2, 0.25) is 0 Å². The number of amides is 1. The highest BCUT2D eigenvalue weighted by Crippen LogP contribution is 2.11. The predicted molar refractivity (Wildman–Crippen MR) is 99.7 cm³/mol. The Morgan fingerprint density at radius 3 is 2.00 bits per heavy atom. The average molecular weight is 360 g/mol. The van der Waals surface area contributed by atoms with E-state index in [2.05, 4.69) is 15.5 Å². The quantitative estimate of drug-likeness (QED) is 0.485. The molecule has 0 aromatic heterocycles. The van der Waals surface area contributed by atoms with Crippen LogP contribution in [0.25, 0.3) is 0 Å². The molecule has 0 bridgehead atoms. The minimum absolute atomic E-state index is 0.441. The van der Waals surface area contributed by atoms with Gasteiger partial charge in [0.1, 0.15) is 17.2 Å². The first-order valence-corrected chi connectivity index (χ1v) is 8.88. The van der Waals surface area contributed by atoms with Crippen LogP contribution in [0, 0.1) is 0 Å². The predicted octanol–water partition coefficient (Wildman–Crippen LogP) is 2.15. The topological polar surface area (TPSA) is 79.9 Å². The Bertz CT molecular complexity index is 412. The summed E-state index contributed by atoms with van der Waals surface area (Å²) in [6, 6.07) is -0.740. The summed E-state index contributed by atoms with van der Waals surface area (Å²) in [5.41, 5.74) is -1.23. The molecular formula is C18H37N3O4. The van der Waals surface area contributed by atoms with E-state index in [1.807, 2.05) is 14.1 Å². The highest BCUT2D eigenvalue weighted by molar-refractivity contribution is 5.81. The van der Waals surface area contributed by atoms with Gasteiger partial charge in [-0.05, 0) is 88.1 Å². The van der Waals surface area contributed by atoms with E-state index < -0.39 is 29.3 Å². The number of carbonyl (C=O) groups is 2. The van der Waals surface area contributed by atoms with Gasteiger partial charge < -0.3 is 25.0 Å². The van der Waals surface area contributed by atoms with Gasteiger partial charge in [-0.15, -0.1) is 0 Å². The molecule has 0 radical (unpaired) electrons. The maximum atomic E-state index is 12.3. The minimum atomic E-state index is -0.740. The fourth-order valence-electron chi connectivity index (χ4n) is 1.96. The van der Waals surface area contributed by atoms with Crippen LogP contribution in [-0.2, 0) is 14.3 Å². The SMILES string of the molecule is CN(C)CCCNCC[C@H](NC(=O)OC(C)(C)C)C(=O)OC(C)(C)C. The van der Waals surface area contributed by atoms with Crippen molar-refractivity contribution in [3.63, 3.8) is 0 Å². The third-order valence-electron chi connectivity index (χ3n) is 2.95. The maximum Gasteiger partial charge on any atom is 0.408 e. The van der Waals surface area contributed by atoms with Gasteiger partial charge in [-0.1, -0.05) is 0 Å². The normalized spacial score (nSPS) is 13.5. The number of alkyl carbamates (subject to hydrolysis) is 1. The second-order valence-electron chi connectivity index (χ2n) is 8.43. The highest BCUT2D eigenvalue weighted by atomic mass is 16.6. The molecule has 0 saturated carbocycles. The first-order valence-electron chi connectivity index (χ1n) is 8.88. The Labute approximate surface area is 152 Å². The molecular weight excluding hydrogens is 322 g/mol. The first-order chi connectivity index (χ1) is 11.3. The van der Waals surface area contributed by atoms with Crippen LogP contribution in [0.2, 0.25) is 0 Å². The lowest BCUT2D eigenvalue weighted by Crippen LogP contribution is -2.47. The van der Waals surface area contributed by atoms with Crippen molar-refractivity contribution < 1.29 is 19.1 Å². The van der Waals surface area contributed by atoms with E-state index in [1.54, 1.807) is 41.5 Å². The fourth-order valence-corrected chi connectivity index (χ4v) is 1.96. The van der Waals surface area contributed by atoms with Gasteiger partial charge in [0.15, 0.2) is 0 Å². The molecule has 0 saturated heterocycles. The summed E-state index contributed by atoms with van der Waals surface area (Å²) in [6.07, 6.45) is 0.843. The minimum Gasteiger partial charge on any atom is -0.458 e. The lowest BCUT2D eigenvalue weighted by molar-refractivity contribution is -0.157. The van der Waals surface area contributed by atoms with Crippen molar-refractivity contribution in [2.24, 2.45) is 0 Å². The summed E-state index contributed by atoms with van der Waals surface area (Å²) >= 11 is 0. The molecule has 1 atom stereocenters. The molecule has 0 aromatic carbocycles. The molecule has 0 aliphatic heterocycles. The van der Waals surface area contributed by atoms with E-state index in [-0.39, 0.29) is 0 Å². The van der Waals surface area contributed by atoms with Crippen LogP contribution in [0.15, 0.2) is 0 Å². The van der Waals surface area contributed by atoms with Crippen LogP contribution in [-0.4, -0.2) is 67.9 Å². The summed E-state index contributed by atoms with van der Waals surface area (Å²) in [5.74, 6) is -0.451. The average Bonchev–Trinajstić information content (AvgIpc) is 2.36. The Morgan fingerprint density at radius 2 is 1.52 bits per heavy atom. The summed E-state index contributed by atoms with van der Waals surface area (Å²) in [7, 11) is 4.06. The zero-order valence-electron chi connectivity index (χ0n) is 17.2. The summed E-state index contributed by atoms with van der Waals surface area (Å²) in [4.78, 5) is 26.4. The van der Waals surface area contributed by atoms with Crippen molar-refractivity contribution in [3.05, 3.63) is 0 Å². The van der Waals surface area contributed by atoms with Crippen LogP contribution in [0.1, 0.15) is 54.4 Å². The molecule has 0 heterocycles. The highest BCUT2D eigenvalue weighted by Gasteiger charge is 2.28. The lowest BCUT2D eigenvalue weighted by atomic mass is 10.1. The van der Waals surface area contributed by atoms with Gasteiger partial charge in [-0.2, -0.15) is 0 Å². The molecule has 0 spiro atoms. The fraction of sp³-hybridized carbons (Fsp3) is 0.889. The Hall–Kier alpha value is -1.34. The molecule has 7 heteroatoms. The third kappa shape index (κ3) is 14.7. The third-order valence-corrected chi connectivity index (χ3v) is 2.95. The number of ether oxygens (including phenoxy) is 2. The number of esters is 1. The van der Waals surface area contributed by atoms with E-state index in [1.165, 1.54) is 0 Å². The molecule has 0 aromatic rings. The molecule has 1 amide bonds. The Kier molecular flexibility index (Phi) is 10.0. The van der Waals surface area contributed by atoms with Crippen molar-refractivity contribution in [2.45, 2.75) is 71.6 Å². The van der Waals surface area contributed by atoms with E-state index in [4.69, 9.17) is 9.47 Å². The van der Waals surface area contributed by atoms with Crippen LogP contribution < -0.4 is 10.6 Å². The zero-order valence-corrected chi connectivity index (χ0v) is 17.2. The number of carbonyl (C=O) groups excluding carboxylic acids is 2. The molecule has 0 rings (SSSR count). The van der Waals surface area contributed by atoms with E-state index in [0.717, 1.165) is 19.5 Å². The van der Waals surface area contributed by atoms with Crippen molar-refractivity contribution in [2.75, 3.05) is 33.7 Å². The Morgan fingerprint density at radius 1 is 0.960 bits per heavy atom.